The number of amides is 1. The highest BCUT2D eigenvalue weighted by atomic mass is 16.5. The first-order chi connectivity index (χ1) is 11.2. The van der Waals surface area contributed by atoms with Crippen molar-refractivity contribution in [1.82, 2.24) is 4.90 Å². The summed E-state index contributed by atoms with van der Waals surface area (Å²) in [4.78, 5) is 14.5. The van der Waals surface area contributed by atoms with E-state index in [1.165, 1.54) is 5.56 Å². The second-order valence-electron chi connectivity index (χ2n) is 6.22. The Labute approximate surface area is 137 Å². The van der Waals surface area contributed by atoms with Crippen molar-refractivity contribution in [2.24, 2.45) is 0 Å². The number of hydrogen-bond acceptors (Lipinski definition) is 3. The molecule has 0 bridgehead atoms. The van der Waals surface area contributed by atoms with Crippen LogP contribution >= 0.6 is 0 Å². The van der Waals surface area contributed by atoms with E-state index in [0.29, 0.717) is 12.3 Å². The van der Waals surface area contributed by atoms with Gasteiger partial charge in [-0.25, -0.2) is 0 Å². The van der Waals surface area contributed by atoms with Gasteiger partial charge in [0.1, 0.15) is 11.5 Å². The number of rotatable bonds is 5. The lowest BCUT2D eigenvalue weighted by molar-refractivity contribution is -0.130. The van der Waals surface area contributed by atoms with Crippen molar-refractivity contribution in [3.8, 4) is 5.75 Å². The van der Waals surface area contributed by atoms with E-state index in [9.17, 15) is 4.79 Å². The Balaban J connectivity index is 1.56. The van der Waals surface area contributed by atoms with Crippen LogP contribution in [0.25, 0.3) is 0 Å². The van der Waals surface area contributed by atoms with E-state index in [0.717, 1.165) is 31.0 Å². The number of ether oxygens (including phenoxy) is 1. The van der Waals surface area contributed by atoms with Gasteiger partial charge < -0.3 is 14.1 Å². The molecule has 1 fully saturated rings. The van der Waals surface area contributed by atoms with Gasteiger partial charge in [-0.3, -0.25) is 4.79 Å². The van der Waals surface area contributed by atoms with Gasteiger partial charge in [0.05, 0.1) is 13.4 Å². The normalized spacial score (nSPS) is 18.9. The van der Waals surface area contributed by atoms with Crippen LogP contribution in [0.1, 0.15) is 42.9 Å². The van der Waals surface area contributed by atoms with Crippen molar-refractivity contribution < 1.29 is 13.9 Å². The van der Waals surface area contributed by atoms with E-state index in [2.05, 4.69) is 6.92 Å². The standard InChI is InChI=1S/C19H23NO3/c1-14(15-5-7-17(22-2)8-6-15)12-19(21)20-10-9-16(13-20)18-4-3-11-23-18/h3-8,11,14,16H,9-10,12-13H2,1-2H3. The summed E-state index contributed by atoms with van der Waals surface area (Å²) < 4.78 is 10.6. The zero-order chi connectivity index (χ0) is 16.2. The van der Waals surface area contributed by atoms with Crippen molar-refractivity contribution in [3.05, 3.63) is 54.0 Å². The molecule has 3 rings (SSSR count). The molecule has 1 amide bonds. The molecule has 1 aliphatic heterocycles. The van der Waals surface area contributed by atoms with E-state index in [1.54, 1.807) is 13.4 Å². The smallest absolute Gasteiger partial charge is 0.223 e. The molecule has 122 valence electrons. The monoisotopic (exact) mass is 313 g/mol. The summed E-state index contributed by atoms with van der Waals surface area (Å²) in [5, 5.41) is 0. The number of carbonyl (C=O) groups is 1. The average Bonchev–Trinajstić information content (AvgIpc) is 3.25. The number of likely N-dealkylation sites (tertiary alicyclic amines) is 1. The van der Waals surface area contributed by atoms with E-state index in [1.807, 2.05) is 41.3 Å². The molecule has 4 nitrogen and oxygen atoms in total. The zero-order valence-electron chi connectivity index (χ0n) is 13.7. The second-order valence-corrected chi connectivity index (χ2v) is 6.22. The first kappa shape index (κ1) is 15.7. The van der Waals surface area contributed by atoms with Gasteiger partial charge in [-0.15, -0.1) is 0 Å². The highest BCUT2D eigenvalue weighted by Crippen LogP contribution is 2.29. The Morgan fingerprint density at radius 1 is 1.35 bits per heavy atom. The molecule has 0 N–H and O–H groups in total. The van der Waals surface area contributed by atoms with Gasteiger partial charge in [0.2, 0.25) is 5.91 Å². The topological polar surface area (TPSA) is 42.7 Å². The Morgan fingerprint density at radius 2 is 2.13 bits per heavy atom. The molecule has 4 heteroatoms. The van der Waals surface area contributed by atoms with E-state index in [-0.39, 0.29) is 11.8 Å². The maximum Gasteiger partial charge on any atom is 0.223 e. The number of benzene rings is 1. The Kier molecular flexibility index (Phi) is 4.70. The molecule has 1 aromatic heterocycles. The van der Waals surface area contributed by atoms with Crippen molar-refractivity contribution in [2.45, 2.75) is 31.6 Å². The first-order valence-electron chi connectivity index (χ1n) is 8.12. The van der Waals surface area contributed by atoms with E-state index >= 15 is 0 Å². The van der Waals surface area contributed by atoms with Crippen LogP contribution in [0.15, 0.2) is 47.1 Å². The summed E-state index contributed by atoms with van der Waals surface area (Å²) >= 11 is 0. The Morgan fingerprint density at radius 3 is 2.78 bits per heavy atom. The lowest BCUT2D eigenvalue weighted by atomic mass is 9.97. The van der Waals surface area contributed by atoms with Gasteiger partial charge in [0.15, 0.2) is 0 Å². The van der Waals surface area contributed by atoms with Crippen molar-refractivity contribution in [1.29, 1.82) is 0 Å². The van der Waals surface area contributed by atoms with E-state index < -0.39 is 0 Å². The SMILES string of the molecule is COc1ccc(C(C)CC(=O)N2CCC(c3ccco3)C2)cc1. The maximum atomic E-state index is 12.5. The van der Waals surface area contributed by atoms with Crippen LogP contribution in [0.2, 0.25) is 0 Å². The third-order valence-electron chi connectivity index (χ3n) is 4.65. The molecule has 0 aliphatic carbocycles. The first-order valence-corrected chi connectivity index (χ1v) is 8.12. The highest BCUT2D eigenvalue weighted by molar-refractivity contribution is 5.77. The van der Waals surface area contributed by atoms with Crippen molar-refractivity contribution in [2.75, 3.05) is 20.2 Å². The number of carbonyl (C=O) groups excluding carboxylic acids is 1. The lowest BCUT2D eigenvalue weighted by Crippen LogP contribution is -2.29. The van der Waals surface area contributed by atoms with E-state index in [4.69, 9.17) is 9.15 Å². The average molecular weight is 313 g/mol. The van der Waals surface area contributed by atoms with Crippen LogP contribution in [-0.4, -0.2) is 31.0 Å². The molecule has 0 spiro atoms. The Hall–Kier alpha value is -2.23. The van der Waals surface area contributed by atoms with Gasteiger partial charge in [0.25, 0.3) is 0 Å². The summed E-state index contributed by atoms with van der Waals surface area (Å²) in [7, 11) is 1.66. The number of furan rings is 1. The predicted molar refractivity (Wildman–Crippen MR) is 88.7 cm³/mol. The van der Waals surface area contributed by atoms with Gasteiger partial charge in [-0.1, -0.05) is 19.1 Å². The third kappa shape index (κ3) is 3.58. The third-order valence-corrected chi connectivity index (χ3v) is 4.65. The van der Waals surface area contributed by atoms with Crippen LogP contribution < -0.4 is 4.74 Å². The minimum atomic E-state index is 0.205. The fourth-order valence-electron chi connectivity index (χ4n) is 3.18. The van der Waals surface area contributed by atoms with Gasteiger partial charge in [-0.2, -0.15) is 0 Å². The van der Waals surface area contributed by atoms with Gasteiger partial charge >= 0.3 is 0 Å². The molecule has 1 aliphatic rings. The molecule has 1 saturated heterocycles. The van der Waals surface area contributed by atoms with Crippen molar-refractivity contribution in [3.63, 3.8) is 0 Å². The number of methoxy groups -OCH3 is 1. The molecular formula is C19H23NO3. The maximum absolute atomic E-state index is 12.5. The molecule has 1 aromatic carbocycles. The minimum absolute atomic E-state index is 0.205. The summed E-state index contributed by atoms with van der Waals surface area (Å²) in [5.74, 6) is 2.60. The number of hydrogen-bond donors (Lipinski definition) is 0. The predicted octanol–water partition coefficient (Wildman–Crippen LogP) is 3.80. The minimum Gasteiger partial charge on any atom is -0.497 e. The van der Waals surface area contributed by atoms with Crippen LogP contribution in [0.4, 0.5) is 0 Å². The van der Waals surface area contributed by atoms with Crippen molar-refractivity contribution >= 4 is 5.91 Å². The fraction of sp³-hybridized carbons (Fsp3) is 0.421. The summed E-state index contributed by atoms with van der Waals surface area (Å²) in [6.07, 6.45) is 3.22. The fourth-order valence-corrected chi connectivity index (χ4v) is 3.18. The highest BCUT2D eigenvalue weighted by Gasteiger charge is 2.29. The van der Waals surface area contributed by atoms with Crippen LogP contribution in [0, 0.1) is 0 Å². The zero-order valence-corrected chi connectivity index (χ0v) is 13.7. The van der Waals surface area contributed by atoms with Crippen LogP contribution in [0.5, 0.6) is 5.75 Å². The van der Waals surface area contributed by atoms with Crippen LogP contribution in [0.3, 0.4) is 0 Å². The molecule has 2 atom stereocenters. The summed E-state index contributed by atoms with van der Waals surface area (Å²) in [6.45, 7) is 3.68. The lowest BCUT2D eigenvalue weighted by Gasteiger charge is -2.19. The van der Waals surface area contributed by atoms with Crippen LogP contribution in [-0.2, 0) is 4.79 Å². The summed E-state index contributed by atoms with van der Waals surface area (Å²) in [5.41, 5.74) is 1.17. The summed E-state index contributed by atoms with van der Waals surface area (Å²) in [6, 6.07) is 11.9. The number of nitrogens with zero attached hydrogens (tertiary/aromatic N) is 1. The Bertz CT molecular complexity index is 633. The molecule has 2 aromatic rings. The van der Waals surface area contributed by atoms with Gasteiger partial charge in [-0.05, 0) is 42.2 Å². The quantitative estimate of drug-likeness (QED) is 0.843. The van der Waals surface area contributed by atoms with Gasteiger partial charge in [0, 0.05) is 25.4 Å². The molecule has 0 radical (unpaired) electrons. The molecule has 2 heterocycles. The molecule has 0 saturated carbocycles. The molecule has 23 heavy (non-hydrogen) atoms. The molecule has 2 unspecified atom stereocenters. The molecular weight excluding hydrogens is 290 g/mol. The second kappa shape index (κ2) is 6.90. The largest absolute Gasteiger partial charge is 0.497 e.